The predicted molar refractivity (Wildman–Crippen MR) is 86.5 cm³/mol. The highest BCUT2D eigenvalue weighted by molar-refractivity contribution is 5.76. The Kier molecular flexibility index (Phi) is 4.27. The summed E-state index contributed by atoms with van der Waals surface area (Å²) in [5, 5.41) is 9.96. The van der Waals surface area contributed by atoms with E-state index in [0.717, 1.165) is 43.8 Å². The van der Waals surface area contributed by atoms with Crippen LogP contribution in [0.15, 0.2) is 29.5 Å². The molecule has 1 N–H and O–H groups in total. The highest BCUT2D eigenvalue weighted by Gasteiger charge is 2.20. The Morgan fingerprint density at radius 1 is 1.41 bits per heavy atom. The summed E-state index contributed by atoms with van der Waals surface area (Å²) in [5.74, 6) is 0. The SMILES string of the molecule is CC(C)(O)c1ccc(C2=CN(CC3CCCO3)CC=N2)cn1. The zero-order valence-electron chi connectivity index (χ0n) is 13.2. The molecule has 0 saturated carbocycles. The van der Waals surface area contributed by atoms with Crippen molar-refractivity contribution in [2.75, 3.05) is 19.7 Å². The number of pyridine rings is 1. The third kappa shape index (κ3) is 3.54. The molecule has 3 rings (SSSR count). The first kappa shape index (κ1) is 15.2. The van der Waals surface area contributed by atoms with Gasteiger partial charge in [0.1, 0.15) is 5.60 Å². The molecule has 1 atom stereocenters. The molecule has 1 aromatic heterocycles. The number of aromatic nitrogens is 1. The summed E-state index contributed by atoms with van der Waals surface area (Å²) in [6.45, 7) is 6.07. The van der Waals surface area contributed by atoms with Crippen LogP contribution in [0.4, 0.5) is 0 Å². The molecule has 22 heavy (non-hydrogen) atoms. The maximum atomic E-state index is 9.96. The van der Waals surface area contributed by atoms with Gasteiger partial charge in [0, 0.05) is 37.3 Å². The van der Waals surface area contributed by atoms with Gasteiger partial charge in [-0.15, -0.1) is 0 Å². The van der Waals surface area contributed by atoms with Crippen LogP contribution >= 0.6 is 0 Å². The summed E-state index contributed by atoms with van der Waals surface area (Å²) in [6.07, 6.45) is 8.40. The van der Waals surface area contributed by atoms with Crippen LogP contribution in [-0.2, 0) is 10.3 Å². The average Bonchev–Trinajstić information content (AvgIpc) is 3.00. The predicted octanol–water partition coefficient (Wildman–Crippen LogP) is 2.17. The third-order valence-electron chi connectivity index (χ3n) is 4.00. The molecular formula is C17H23N3O2. The van der Waals surface area contributed by atoms with Gasteiger partial charge in [0.15, 0.2) is 0 Å². The van der Waals surface area contributed by atoms with Gasteiger partial charge < -0.3 is 14.7 Å². The standard InChI is InChI=1S/C17H23N3O2/c1-17(2,21)16-6-5-13(10-19-16)15-12-20(8-7-18-15)11-14-4-3-9-22-14/h5-7,10,12,14,21H,3-4,8-9,11H2,1-2H3. The number of hydrogen-bond acceptors (Lipinski definition) is 5. The number of ether oxygens (including phenoxy) is 1. The number of nitrogens with zero attached hydrogens (tertiary/aromatic N) is 3. The van der Waals surface area contributed by atoms with Gasteiger partial charge in [0.2, 0.25) is 0 Å². The highest BCUT2D eigenvalue weighted by Crippen LogP contribution is 2.23. The van der Waals surface area contributed by atoms with Crippen LogP contribution in [0.1, 0.15) is 37.9 Å². The monoisotopic (exact) mass is 301 g/mol. The zero-order valence-corrected chi connectivity index (χ0v) is 13.2. The average molecular weight is 301 g/mol. The van der Waals surface area contributed by atoms with Crippen LogP contribution in [-0.4, -0.2) is 47.0 Å². The second-order valence-electron chi connectivity index (χ2n) is 6.41. The summed E-state index contributed by atoms with van der Waals surface area (Å²) >= 11 is 0. The van der Waals surface area contributed by atoms with E-state index in [1.165, 1.54) is 0 Å². The molecule has 1 unspecified atom stereocenters. The molecule has 118 valence electrons. The molecule has 0 radical (unpaired) electrons. The Labute approximate surface area is 131 Å². The first-order valence-corrected chi connectivity index (χ1v) is 7.82. The van der Waals surface area contributed by atoms with E-state index < -0.39 is 5.60 Å². The van der Waals surface area contributed by atoms with Crippen molar-refractivity contribution in [2.24, 2.45) is 4.99 Å². The fourth-order valence-electron chi connectivity index (χ4n) is 2.74. The van der Waals surface area contributed by atoms with E-state index in [1.54, 1.807) is 20.0 Å². The van der Waals surface area contributed by atoms with E-state index in [4.69, 9.17) is 4.74 Å². The van der Waals surface area contributed by atoms with Gasteiger partial charge in [-0.25, -0.2) is 0 Å². The molecule has 0 bridgehead atoms. The molecule has 0 spiro atoms. The minimum atomic E-state index is -0.922. The fraction of sp³-hybridized carbons (Fsp3) is 0.529. The molecule has 0 aliphatic carbocycles. The second-order valence-corrected chi connectivity index (χ2v) is 6.41. The van der Waals surface area contributed by atoms with Gasteiger partial charge in [0.05, 0.1) is 24.0 Å². The first-order valence-electron chi connectivity index (χ1n) is 7.82. The fourth-order valence-corrected chi connectivity index (χ4v) is 2.74. The molecule has 1 saturated heterocycles. The van der Waals surface area contributed by atoms with Crippen molar-refractivity contribution < 1.29 is 9.84 Å². The van der Waals surface area contributed by atoms with E-state index >= 15 is 0 Å². The number of rotatable bonds is 4. The molecule has 0 amide bonds. The van der Waals surface area contributed by atoms with Gasteiger partial charge in [-0.1, -0.05) is 0 Å². The molecule has 2 aliphatic rings. The Morgan fingerprint density at radius 3 is 2.91 bits per heavy atom. The van der Waals surface area contributed by atoms with Gasteiger partial charge in [-0.2, -0.15) is 0 Å². The molecule has 1 fully saturated rings. The van der Waals surface area contributed by atoms with Crippen LogP contribution in [0.3, 0.4) is 0 Å². The third-order valence-corrected chi connectivity index (χ3v) is 4.00. The first-order chi connectivity index (χ1) is 10.5. The van der Waals surface area contributed by atoms with Crippen molar-refractivity contribution in [3.63, 3.8) is 0 Å². The Balaban J connectivity index is 1.72. The summed E-state index contributed by atoms with van der Waals surface area (Å²) < 4.78 is 5.69. The quantitative estimate of drug-likeness (QED) is 0.926. The van der Waals surface area contributed by atoms with Crippen LogP contribution in [0.5, 0.6) is 0 Å². The van der Waals surface area contributed by atoms with Crippen molar-refractivity contribution in [3.05, 3.63) is 35.8 Å². The van der Waals surface area contributed by atoms with Crippen LogP contribution < -0.4 is 0 Å². The Hall–Kier alpha value is -1.72. The maximum Gasteiger partial charge on any atom is 0.101 e. The van der Waals surface area contributed by atoms with Crippen LogP contribution in [0.2, 0.25) is 0 Å². The van der Waals surface area contributed by atoms with Gasteiger partial charge >= 0.3 is 0 Å². The minimum Gasteiger partial charge on any atom is -0.384 e. The van der Waals surface area contributed by atoms with Crippen molar-refractivity contribution in [3.8, 4) is 0 Å². The van der Waals surface area contributed by atoms with Gasteiger partial charge in [-0.3, -0.25) is 9.98 Å². The summed E-state index contributed by atoms with van der Waals surface area (Å²) in [5.41, 5.74) is 1.60. The number of aliphatic imine (C=N–C) groups is 1. The molecule has 5 heteroatoms. The van der Waals surface area contributed by atoms with Gasteiger partial charge in [0.25, 0.3) is 0 Å². The van der Waals surface area contributed by atoms with Crippen LogP contribution in [0, 0.1) is 0 Å². The lowest BCUT2D eigenvalue weighted by atomic mass is 10.0. The van der Waals surface area contributed by atoms with Crippen molar-refractivity contribution in [2.45, 2.75) is 38.4 Å². The molecular weight excluding hydrogens is 278 g/mol. The lowest BCUT2D eigenvalue weighted by Crippen LogP contribution is -2.31. The number of hydrogen-bond donors (Lipinski definition) is 1. The highest BCUT2D eigenvalue weighted by atomic mass is 16.5. The van der Waals surface area contributed by atoms with E-state index in [1.807, 2.05) is 18.3 Å². The van der Waals surface area contributed by atoms with E-state index in [-0.39, 0.29) is 0 Å². The minimum absolute atomic E-state index is 0.333. The molecule has 5 nitrogen and oxygen atoms in total. The van der Waals surface area contributed by atoms with Crippen LogP contribution in [0.25, 0.3) is 5.70 Å². The van der Waals surface area contributed by atoms with E-state index in [9.17, 15) is 5.11 Å². The largest absolute Gasteiger partial charge is 0.384 e. The lowest BCUT2D eigenvalue weighted by molar-refractivity contribution is 0.0738. The summed E-state index contributed by atoms with van der Waals surface area (Å²) in [7, 11) is 0. The van der Waals surface area contributed by atoms with Crippen molar-refractivity contribution >= 4 is 11.9 Å². The normalized spacial score (nSPS) is 22.0. The van der Waals surface area contributed by atoms with E-state index in [0.29, 0.717) is 11.8 Å². The van der Waals surface area contributed by atoms with Crippen molar-refractivity contribution in [1.29, 1.82) is 0 Å². The molecule has 3 heterocycles. The Morgan fingerprint density at radius 2 is 2.27 bits per heavy atom. The van der Waals surface area contributed by atoms with Crippen molar-refractivity contribution in [1.82, 2.24) is 9.88 Å². The maximum absolute atomic E-state index is 9.96. The Bertz CT molecular complexity index is 567. The summed E-state index contributed by atoms with van der Waals surface area (Å²) in [6, 6.07) is 3.81. The number of aliphatic hydroxyl groups is 1. The van der Waals surface area contributed by atoms with Gasteiger partial charge in [-0.05, 0) is 38.8 Å². The molecule has 2 aliphatic heterocycles. The zero-order chi connectivity index (χ0) is 15.6. The second kappa shape index (κ2) is 6.18. The topological polar surface area (TPSA) is 58.0 Å². The lowest BCUT2D eigenvalue weighted by Gasteiger charge is -2.25. The molecule has 1 aromatic rings. The summed E-state index contributed by atoms with van der Waals surface area (Å²) in [4.78, 5) is 11.1. The smallest absolute Gasteiger partial charge is 0.101 e. The molecule has 0 aromatic carbocycles. The van der Waals surface area contributed by atoms with E-state index in [2.05, 4.69) is 21.1 Å².